The van der Waals surface area contributed by atoms with E-state index >= 15 is 0 Å². The molecule has 1 fully saturated rings. The number of halogens is 1. The Morgan fingerprint density at radius 2 is 1.50 bits per heavy atom. The van der Waals surface area contributed by atoms with Crippen LogP contribution >= 0.6 is 11.6 Å². The molecule has 1 aliphatic carbocycles. The predicted octanol–water partition coefficient (Wildman–Crippen LogP) is 4.16. The Morgan fingerprint density at radius 1 is 0.950 bits per heavy atom. The Balaban J connectivity index is 1.83. The summed E-state index contributed by atoms with van der Waals surface area (Å²) < 4.78 is 0. The number of hydrogen-bond acceptors (Lipinski definition) is 2. The summed E-state index contributed by atoms with van der Waals surface area (Å²) in [5.41, 5.74) is 6.64. The first-order valence-corrected chi connectivity index (χ1v) is 7.47. The van der Waals surface area contributed by atoms with Gasteiger partial charge in [-0.25, -0.2) is 5.43 Å². The van der Waals surface area contributed by atoms with Crippen LogP contribution in [-0.2, 0) is 0 Å². The average molecular weight is 287 g/mol. The molecule has 104 valence electrons. The van der Waals surface area contributed by atoms with E-state index in [1.54, 1.807) is 0 Å². The topological polar surface area (TPSA) is 38.0 Å². The van der Waals surface area contributed by atoms with Gasteiger partial charge in [0.25, 0.3) is 0 Å². The molecule has 0 heterocycles. The van der Waals surface area contributed by atoms with Crippen LogP contribution in [0.4, 0.5) is 0 Å². The van der Waals surface area contributed by atoms with E-state index in [4.69, 9.17) is 17.4 Å². The normalized spacial score (nSPS) is 16.7. The van der Waals surface area contributed by atoms with Crippen LogP contribution in [0, 0.1) is 0 Å². The number of rotatable bonds is 4. The van der Waals surface area contributed by atoms with Crippen LogP contribution in [0.15, 0.2) is 48.5 Å². The van der Waals surface area contributed by atoms with Crippen molar-refractivity contribution in [3.05, 3.63) is 70.2 Å². The Hall–Kier alpha value is -1.35. The predicted molar refractivity (Wildman–Crippen MR) is 83.7 cm³/mol. The summed E-state index contributed by atoms with van der Waals surface area (Å²) in [5, 5.41) is 0.741. The number of nitrogens with two attached hydrogens (primary N) is 1. The summed E-state index contributed by atoms with van der Waals surface area (Å²) in [7, 11) is 0. The van der Waals surface area contributed by atoms with E-state index in [0.29, 0.717) is 0 Å². The van der Waals surface area contributed by atoms with Crippen LogP contribution in [0.1, 0.15) is 47.9 Å². The van der Waals surface area contributed by atoms with E-state index in [9.17, 15) is 0 Å². The highest BCUT2D eigenvalue weighted by Gasteiger charge is 2.20. The summed E-state index contributed by atoms with van der Waals surface area (Å²) in [6.07, 6.45) is 4.02. The Labute approximate surface area is 124 Å². The summed E-state index contributed by atoms with van der Waals surface area (Å²) in [5.74, 6) is 6.49. The molecule has 1 aliphatic rings. The highest BCUT2D eigenvalue weighted by Crippen LogP contribution is 2.36. The summed E-state index contributed by atoms with van der Waals surface area (Å²) >= 11 is 5.93. The van der Waals surface area contributed by atoms with Crippen molar-refractivity contribution in [3.63, 3.8) is 0 Å². The molecule has 20 heavy (non-hydrogen) atoms. The van der Waals surface area contributed by atoms with Crippen LogP contribution in [-0.4, -0.2) is 0 Å². The monoisotopic (exact) mass is 286 g/mol. The summed E-state index contributed by atoms with van der Waals surface area (Å²) in [6, 6.07) is 16.6. The molecule has 2 nitrogen and oxygen atoms in total. The van der Waals surface area contributed by atoms with Crippen LogP contribution < -0.4 is 11.3 Å². The number of nitrogens with one attached hydrogen (secondary N) is 1. The molecule has 1 atom stereocenters. The smallest absolute Gasteiger partial charge is 0.0710 e. The largest absolute Gasteiger partial charge is 0.271 e. The molecule has 2 aromatic carbocycles. The zero-order valence-electron chi connectivity index (χ0n) is 11.4. The van der Waals surface area contributed by atoms with Crippen molar-refractivity contribution < 1.29 is 0 Å². The van der Waals surface area contributed by atoms with Gasteiger partial charge in [-0.2, -0.15) is 0 Å². The molecule has 3 rings (SSSR count). The van der Waals surface area contributed by atoms with Gasteiger partial charge in [0.05, 0.1) is 6.04 Å². The SMILES string of the molecule is NNC(c1ccc(Cl)cc1)c1ccc(C2CCC2)cc1. The molecule has 2 aromatic rings. The van der Waals surface area contributed by atoms with Gasteiger partial charge in [-0.1, -0.05) is 54.4 Å². The molecule has 1 unspecified atom stereocenters. The first kappa shape index (κ1) is 13.6. The first-order valence-electron chi connectivity index (χ1n) is 7.09. The molecule has 0 radical (unpaired) electrons. The van der Waals surface area contributed by atoms with E-state index in [0.717, 1.165) is 16.5 Å². The van der Waals surface area contributed by atoms with Crippen LogP contribution in [0.2, 0.25) is 5.02 Å². The molecule has 3 N–H and O–H groups in total. The standard InChI is InChI=1S/C17H19ClN2/c18-16-10-8-15(9-11-16)17(20-19)14-6-4-13(5-7-14)12-2-1-3-12/h4-12,17,20H,1-3,19H2. The molecule has 3 heteroatoms. The van der Waals surface area contributed by atoms with Crippen molar-refractivity contribution in [2.24, 2.45) is 5.84 Å². The maximum Gasteiger partial charge on any atom is 0.0710 e. The van der Waals surface area contributed by atoms with Gasteiger partial charge in [0.2, 0.25) is 0 Å². The van der Waals surface area contributed by atoms with E-state index < -0.39 is 0 Å². The van der Waals surface area contributed by atoms with E-state index in [2.05, 4.69) is 29.7 Å². The van der Waals surface area contributed by atoms with Gasteiger partial charge in [0.1, 0.15) is 0 Å². The zero-order chi connectivity index (χ0) is 13.9. The third kappa shape index (κ3) is 2.73. The minimum Gasteiger partial charge on any atom is -0.271 e. The van der Waals surface area contributed by atoms with Crippen LogP contribution in [0.3, 0.4) is 0 Å². The van der Waals surface area contributed by atoms with Crippen molar-refractivity contribution in [3.8, 4) is 0 Å². The highest BCUT2D eigenvalue weighted by atomic mass is 35.5. The molecule has 0 saturated heterocycles. The molecule has 0 aromatic heterocycles. The molecule has 0 spiro atoms. The van der Waals surface area contributed by atoms with Gasteiger partial charge in [-0.05, 0) is 47.6 Å². The third-order valence-electron chi connectivity index (χ3n) is 4.22. The maximum absolute atomic E-state index is 5.93. The minimum atomic E-state index is 0.00251. The first-order chi connectivity index (χ1) is 9.78. The second-order valence-electron chi connectivity index (χ2n) is 5.45. The second kappa shape index (κ2) is 5.96. The fourth-order valence-corrected chi connectivity index (χ4v) is 2.87. The van der Waals surface area contributed by atoms with Crippen molar-refractivity contribution in [1.82, 2.24) is 5.43 Å². The average Bonchev–Trinajstić information content (AvgIpc) is 2.42. The van der Waals surface area contributed by atoms with Gasteiger partial charge >= 0.3 is 0 Å². The highest BCUT2D eigenvalue weighted by molar-refractivity contribution is 6.30. The van der Waals surface area contributed by atoms with Crippen molar-refractivity contribution in [2.75, 3.05) is 0 Å². The molecule has 0 amide bonds. The lowest BCUT2D eigenvalue weighted by molar-refractivity contribution is 0.419. The molecular weight excluding hydrogens is 268 g/mol. The molecule has 0 aliphatic heterocycles. The lowest BCUT2D eigenvalue weighted by atomic mass is 9.79. The Bertz CT molecular complexity index is 559. The number of hydrogen-bond donors (Lipinski definition) is 2. The summed E-state index contributed by atoms with van der Waals surface area (Å²) in [4.78, 5) is 0. The van der Waals surface area contributed by atoms with Gasteiger partial charge in [0, 0.05) is 5.02 Å². The van der Waals surface area contributed by atoms with Crippen molar-refractivity contribution in [2.45, 2.75) is 31.2 Å². The van der Waals surface area contributed by atoms with Crippen LogP contribution in [0.5, 0.6) is 0 Å². The van der Waals surface area contributed by atoms with E-state index in [1.807, 2.05) is 24.3 Å². The van der Waals surface area contributed by atoms with Gasteiger partial charge in [0.15, 0.2) is 0 Å². The fourth-order valence-electron chi connectivity index (χ4n) is 2.74. The lowest BCUT2D eigenvalue weighted by Gasteiger charge is -2.26. The molecule has 1 saturated carbocycles. The zero-order valence-corrected chi connectivity index (χ0v) is 12.1. The minimum absolute atomic E-state index is 0.00251. The quantitative estimate of drug-likeness (QED) is 0.654. The van der Waals surface area contributed by atoms with E-state index in [-0.39, 0.29) is 6.04 Å². The number of benzene rings is 2. The second-order valence-corrected chi connectivity index (χ2v) is 5.88. The fraction of sp³-hybridized carbons (Fsp3) is 0.294. The van der Waals surface area contributed by atoms with Crippen molar-refractivity contribution in [1.29, 1.82) is 0 Å². The summed E-state index contributed by atoms with van der Waals surface area (Å²) in [6.45, 7) is 0. The van der Waals surface area contributed by atoms with Crippen LogP contribution in [0.25, 0.3) is 0 Å². The maximum atomic E-state index is 5.93. The van der Waals surface area contributed by atoms with Gasteiger partial charge in [-0.15, -0.1) is 0 Å². The number of hydrazine groups is 1. The van der Waals surface area contributed by atoms with Gasteiger partial charge in [-0.3, -0.25) is 5.84 Å². The molecule has 0 bridgehead atoms. The van der Waals surface area contributed by atoms with Gasteiger partial charge < -0.3 is 0 Å². The van der Waals surface area contributed by atoms with Crippen molar-refractivity contribution >= 4 is 11.6 Å². The lowest BCUT2D eigenvalue weighted by Crippen LogP contribution is -2.28. The molecular formula is C17H19ClN2. The Morgan fingerprint density at radius 3 is 1.95 bits per heavy atom. The Kier molecular flexibility index (Phi) is 4.06. The van der Waals surface area contributed by atoms with E-state index in [1.165, 1.54) is 30.4 Å². The third-order valence-corrected chi connectivity index (χ3v) is 4.47.